The van der Waals surface area contributed by atoms with E-state index in [2.05, 4.69) is 0 Å². The van der Waals surface area contributed by atoms with Gasteiger partial charge in [0.2, 0.25) is 0 Å². The molecule has 0 spiro atoms. The van der Waals surface area contributed by atoms with Gasteiger partial charge in [-0.15, -0.1) is 0 Å². The number of hydrogen-bond acceptors (Lipinski definition) is 5. The topological polar surface area (TPSA) is 70.0 Å². The molecule has 0 unspecified atom stereocenters. The van der Waals surface area contributed by atoms with Gasteiger partial charge in [0.15, 0.2) is 11.5 Å². The van der Waals surface area contributed by atoms with Crippen molar-refractivity contribution in [3.63, 3.8) is 0 Å². The Morgan fingerprint density at radius 1 is 1.06 bits per heavy atom. The van der Waals surface area contributed by atoms with Crippen LogP contribution in [0.4, 0.5) is 5.69 Å². The lowest BCUT2D eigenvalue weighted by Gasteiger charge is -2.25. The maximum absolute atomic E-state index is 13.6. The summed E-state index contributed by atoms with van der Waals surface area (Å²) in [6.45, 7) is 2.04. The summed E-state index contributed by atoms with van der Waals surface area (Å²) in [5, 5.41) is 0. The lowest BCUT2D eigenvalue weighted by molar-refractivity contribution is 0.0988. The monoisotopic (exact) mass is 446 g/mol. The average Bonchev–Trinajstić information content (AvgIpc) is 2.86. The zero-order valence-electron chi connectivity index (χ0n) is 18.5. The van der Waals surface area contributed by atoms with Gasteiger partial charge in [-0.3, -0.25) is 9.59 Å². The predicted octanol–water partition coefficient (Wildman–Crippen LogP) is 3.63. The van der Waals surface area contributed by atoms with Crippen molar-refractivity contribution >= 4 is 17.7 Å². The minimum atomic E-state index is -0.226. The molecule has 0 saturated carbocycles. The lowest BCUT2D eigenvalue weighted by atomic mass is 10.1. The summed E-state index contributed by atoms with van der Waals surface area (Å²) >= 11 is 0. The van der Waals surface area contributed by atoms with Crippen LogP contribution < -0.4 is 19.9 Å². The van der Waals surface area contributed by atoms with Gasteiger partial charge in [0.25, 0.3) is 11.5 Å². The van der Waals surface area contributed by atoms with Gasteiger partial charge in [0.05, 0.1) is 12.2 Å². The number of fused-ring (bicyclic) bond motifs is 1. The molecule has 33 heavy (non-hydrogen) atoms. The van der Waals surface area contributed by atoms with Crippen molar-refractivity contribution < 1.29 is 19.0 Å². The number of carbonyl (C=O) groups excluding carboxylic acids is 1. The summed E-state index contributed by atoms with van der Waals surface area (Å²) in [6.07, 6.45) is 5.48. The molecule has 2 aromatic carbocycles. The van der Waals surface area contributed by atoms with E-state index in [4.69, 9.17) is 14.2 Å². The van der Waals surface area contributed by atoms with Gasteiger partial charge in [-0.2, -0.15) is 0 Å². The molecule has 7 nitrogen and oxygen atoms in total. The summed E-state index contributed by atoms with van der Waals surface area (Å²) < 4.78 is 17.9. The van der Waals surface area contributed by atoms with Gasteiger partial charge in [-0.1, -0.05) is 42.5 Å². The van der Waals surface area contributed by atoms with Crippen LogP contribution in [0.5, 0.6) is 11.5 Å². The van der Waals surface area contributed by atoms with Gasteiger partial charge >= 0.3 is 0 Å². The molecule has 4 rings (SSSR count). The number of aromatic nitrogens is 1. The van der Waals surface area contributed by atoms with E-state index in [1.165, 1.54) is 10.6 Å². The van der Waals surface area contributed by atoms with E-state index >= 15 is 0 Å². The second kappa shape index (κ2) is 10.7. The molecule has 0 N–H and O–H groups in total. The van der Waals surface area contributed by atoms with Crippen molar-refractivity contribution in [3.8, 4) is 11.5 Å². The molecule has 1 amide bonds. The molecule has 2 heterocycles. The number of benzene rings is 2. The Bertz CT molecular complexity index is 1190. The summed E-state index contributed by atoms with van der Waals surface area (Å²) in [7, 11) is 1.57. The molecule has 0 atom stereocenters. The molecule has 1 aromatic heterocycles. The standard InChI is InChI=1S/C26H26N2O5/c1-31-15-14-27-19-21(9-12-25(27)29)26(30)28(13-5-8-20-6-3-2-4-7-20)22-10-11-23-24(18-22)33-17-16-32-23/h2-12,18-19H,13-17H2,1H3/b8-5+. The summed E-state index contributed by atoms with van der Waals surface area (Å²) in [5.41, 5.74) is 1.95. The van der Waals surface area contributed by atoms with Crippen LogP contribution in [0.2, 0.25) is 0 Å². The van der Waals surface area contributed by atoms with Crippen molar-refractivity contribution in [2.75, 3.05) is 38.4 Å². The van der Waals surface area contributed by atoms with Crippen LogP contribution in [0.15, 0.2) is 77.7 Å². The van der Waals surface area contributed by atoms with Crippen LogP contribution in [-0.2, 0) is 11.3 Å². The number of ether oxygens (including phenoxy) is 3. The molecule has 1 aliphatic heterocycles. The third-order valence-electron chi connectivity index (χ3n) is 5.25. The van der Waals surface area contributed by atoms with Crippen LogP contribution in [0, 0.1) is 0 Å². The Kier molecular flexibility index (Phi) is 7.22. The third-order valence-corrected chi connectivity index (χ3v) is 5.25. The van der Waals surface area contributed by atoms with E-state index in [0.29, 0.717) is 55.7 Å². The number of nitrogens with zero attached hydrogens (tertiary/aromatic N) is 2. The van der Waals surface area contributed by atoms with Gasteiger partial charge in [-0.25, -0.2) is 0 Å². The number of pyridine rings is 1. The van der Waals surface area contributed by atoms with E-state index in [0.717, 1.165) is 5.56 Å². The fraction of sp³-hybridized carbons (Fsp3) is 0.231. The highest BCUT2D eigenvalue weighted by molar-refractivity contribution is 6.06. The Balaban J connectivity index is 1.65. The fourth-order valence-corrected chi connectivity index (χ4v) is 3.54. The number of anilines is 1. The molecule has 0 saturated heterocycles. The number of amides is 1. The molecule has 0 bridgehead atoms. The van der Waals surface area contributed by atoms with Gasteiger partial charge < -0.3 is 23.7 Å². The smallest absolute Gasteiger partial charge is 0.260 e. The molecular weight excluding hydrogens is 420 g/mol. The van der Waals surface area contributed by atoms with Crippen LogP contribution >= 0.6 is 0 Å². The Morgan fingerprint density at radius 3 is 2.64 bits per heavy atom. The van der Waals surface area contributed by atoms with Crippen molar-refractivity contribution in [3.05, 3.63) is 94.4 Å². The van der Waals surface area contributed by atoms with Crippen molar-refractivity contribution in [2.24, 2.45) is 0 Å². The molecular formula is C26H26N2O5. The zero-order valence-corrected chi connectivity index (χ0v) is 18.5. The first-order chi connectivity index (χ1) is 16.2. The second-order valence-corrected chi connectivity index (χ2v) is 7.50. The Morgan fingerprint density at radius 2 is 1.85 bits per heavy atom. The molecule has 3 aromatic rings. The Labute approximate surface area is 192 Å². The first-order valence-electron chi connectivity index (χ1n) is 10.8. The summed E-state index contributed by atoms with van der Waals surface area (Å²) in [6, 6.07) is 18.3. The van der Waals surface area contributed by atoms with Crippen molar-refractivity contribution in [1.29, 1.82) is 0 Å². The largest absolute Gasteiger partial charge is 0.486 e. The van der Waals surface area contributed by atoms with Crippen LogP contribution in [0.3, 0.4) is 0 Å². The lowest BCUT2D eigenvalue weighted by Crippen LogP contribution is -2.33. The quantitative estimate of drug-likeness (QED) is 0.529. The molecule has 0 aliphatic carbocycles. The minimum Gasteiger partial charge on any atom is -0.486 e. The molecule has 7 heteroatoms. The first kappa shape index (κ1) is 22.4. The third kappa shape index (κ3) is 5.51. The number of rotatable bonds is 8. The van der Waals surface area contributed by atoms with E-state index in [1.807, 2.05) is 60.7 Å². The molecule has 1 aliphatic rings. The normalized spacial score (nSPS) is 12.6. The van der Waals surface area contributed by atoms with Gasteiger partial charge in [0, 0.05) is 44.2 Å². The molecule has 0 fully saturated rings. The van der Waals surface area contributed by atoms with E-state index in [-0.39, 0.29) is 11.5 Å². The SMILES string of the molecule is COCCn1cc(C(=O)N(C/C=C/c2ccccc2)c2ccc3c(c2)OCCO3)ccc1=O. The van der Waals surface area contributed by atoms with Gasteiger partial charge in [-0.05, 0) is 23.8 Å². The highest BCUT2D eigenvalue weighted by Gasteiger charge is 2.21. The van der Waals surface area contributed by atoms with Crippen LogP contribution in [-0.4, -0.2) is 43.9 Å². The van der Waals surface area contributed by atoms with Crippen molar-refractivity contribution in [2.45, 2.75) is 6.54 Å². The van der Waals surface area contributed by atoms with Crippen LogP contribution in [0.25, 0.3) is 6.08 Å². The van der Waals surface area contributed by atoms with Crippen LogP contribution in [0.1, 0.15) is 15.9 Å². The number of carbonyl (C=O) groups is 1. The summed E-state index contributed by atoms with van der Waals surface area (Å²) in [4.78, 5) is 27.4. The average molecular weight is 447 g/mol. The van der Waals surface area contributed by atoms with Gasteiger partial charge in [0.1, 0.15) is 13.2 Å². The first-order valence-corrected chi connectivity index (χ1v) is 10.8. The minimum absolute atomic E-state index is 0.182. The molecule has 170 valence electrons. The fourth-order valence-electron chi connectivity index (χ4n) is 3.54. The van der Waals surface area contributed by atoms with E-state index in [9.17, 15) is 9.59 Å². The number of methoxy groups -OCH3 is 1. The maximum Gasteiger partial charge on any atom is 0.260 e. The highest BCUT2D eigenvalue weighted by atomic mass is 16.6. The maximum atomic E-state index is 13.6. The van der Waals surface area contributed by atoms with E-state index in [1.54, 1.807) is 24.3 Å². The summed E-state index contributed by atoms with van der Waals surface area (Å²) in [5.74, 6) is 1.04. The van der Waals surface area contributed by atoms with E-state index < -0.39 is 0 Å². The number of hydrogen-bond donors (Lipinski definition) is 0. The highest BCUT2D eigenvalue weighted by Crippen LogP contribution is 2.34. The van der Waals surface area contributed by atoms with Crippen molar-refractivity contribution in [1.82, 2.24) is 4.57 Å². The predicted molar refractivity (Wildman–Crippen MR) is 127 cm³/mol. The molecule has 0 radical (unpaired) electrons. The second-order valence-electron chi connectivity index (χ2n) is 7.50. The Hall–Kier alpha value is -3.84. The zero-order chi connectivity index (χ0) is 23.0.